The topological polar surface area (TPSA) is 107 Å². The molecule has 0 fully saturated rings. The number of ether oxygens (including phenoxy) is 1. The highest BCUT2D eigenvalue weighted by atomic mass is 32.2. The predicted molar refractivity (Wildman–Crippen MR) is 83.7 cm³/mol. The lowest BCUT2D eigenvalue weighted by molar-refractivity contribution is -0.133. The highest BCUT2D eigenvalue weighted by Crippen LogP contribution is 2.33. The number of primary sulfonamides is 1. The normalized spacial score (nSPS) is 14.9. The Morgan fingerprint density at radius 1 is 0.957 bits per heavy atom. The molecular weight excluding hydrogens is 318 g/mol. The molecule has 2 aromatic rings. The number of hydrogen-bond acceptors (Lipinski definition) is 5. The number of phenols is 1. The van der Waals surface area contributed by atoms with Gasteiger partial charge < -0.3 is 9.84 Å². The van der Waals surface area contributed by atoms with Gasteiger partial charge in [-0.05, 0) is 35.4 Å². The fourth-order valence-corrected chi connectivity index (χ4v) is 2.91. The Labute approximate surface area is 132 Å². The van der Waals surface area contributed by atoms with Crippen LogP contribution in [0, 0.1) is 0 Å². The number of benzene rings is 2. The molecule has 2 aromatic carbocycles. The molecule has 118 valence electrons. The molecule has 0 saturated heterocycles. The SMILES string of the molecule is NS(=O)(=O)c1ccc(C2=C(c3ccc(O)cc3)COC2=O)cc1. The molecule has 7 heteroatoms. The van der Waals surface area contributed by atoms with Crippen LogP contribution in [-0.2, 0) is 19.6 Å². The summed E-state index contributed by atoms with van der Waals surface area (Å²) in [5.41, 5.74) is 2.34. The Morgan fingerprint density at radius 2 is 1.52 bits per heavy atom. The molecule has 3 rings (SSSR count). The first-order valence-electron chi connectivity index (χ1n) is 6.69. The summed E-state index contributed by atoms with van der Waals surface area (Å²) in [6.07, 6.45) is 0. The molecule has 23 heavy (non-hydrogen) atoms. The second-order valence-electron chi connectivity index (χ2n) is 5.05. The van der Waals surface area contributed by atoms with Crippen LogP contribution in [0.15, 0.2) is 53.4 Å². The van der Waals surface area contributed by atoms with Crippen LogP contribution in [0.4, 0.5) is 0 Å². The molecule has 1 aliphatic rings. The molecule has 3 N–H and O–H groups in total. The third kappa shape index (κ3) is 2.96. The average molecular weight is 331 g/mol. The Bertz CT molecular complexity index is 896. The summed E-state index contributed by atoms with van der Waals surface area (Å²) in [5, 5.41) is 14.4. The van der Waals surface area contributed by atoms with Crippen LogP contribution in [0.1, 0.15) is 11.1 Å². The fraction of sp³-hybridized carbons (Fsp3) is 0.0625. The molecule has 0 saturated carbocycles. The van der Waals surface area contributed by atoms with E-state index in [9.17, 15) is 18.3 Å². The number of aromatic hydroxyl groups is 1. The first kappa shape index (κ1) is 15.3. The summed E-state index contributed by atoms with van der Waals surface area (Å²) in [6.45, 7) is 0.121. The number of cyclic esters (lactones) is 1. The summed E-state index contributed by atoms with van der Waals surface area (Å²) in [7, 11) is -3.79. The molecule has 1 heterocycles. The number of rotatable bonds is 3. The lowest BCUT2D eigenvalue weighted by Gasteiger charge is -2.06. The zero-order valence-electron chi connectivity index (χ0n) is 11.9. The van der Waals surface area contributed by atoms with Gasteiger partial charge in [-0.1, -0.05) is 24.3 Å². The van der Waals surface area contributed by atoms with Gasteiger partial charge in [0, 0.05) is 5.57 Å². The molecule has 0 spiro atoms. The summed E-state index contributed by atoms with van der Waals surface area (Å²) < 4.78 is 27.7. The minimum atomic E-state index is -3.79. The van der Waals surface area contributed by atoms with Crippen LogP contribution < -0.4 is 5.14 Å². The van der Waals surface area contributed by atoms with Gasteiger partial charge in [-0.3, -0.25) is 0 Å². The predicted octanol–water partition coefficient (Wildman–Crippen LogP) is 1.51. The molecule has 0 aromatic heterocycles. The van der Waals surface area contributed by atoms with Crippen LogP contribution in [-0.4, -0.2) is 26.1 Å². The standard InChI is InChI=1S/C16H13NO5S/c17-23(20,21)13-7-3-11(4-8-13)15-14(9-22-16(15)19)10-1-5-12(18)6-2-10/h1-8,18H,9H2,(H2,17,20,21). The van der Waals surface area contributed by atoms with Gasteiger partial charge in [0.1, 0.15) is 12.4 Å². The summed E-state index contributed by atoms with van der Waals surface area (Å²) in [6, 6.07) is 12.1. The Hall–Kier alpha value is -2.64. The monoisotopic (exact) mass is 331 g/mol. The minimum absolute atomic E-state index is 0.0283. The van der Waals surface area contributed by atoms with Gasteiger partial charge in [-0.25, -0.2) is 18.4 Å². The van der Waals surface area contributed by atoms with Gasteiger partial charge in [0.15, 0.2) is 0 Å². The zero-order chi connectivity index (χ0) is 16.6. The van der Waals surface area contributed by atoms with E-state index in [-0.39, 0.29) is 17.3 Å². The minimum Gasteiger partial charge on any atom is -0.508 e. The molecular formula is C16H13NO5S. The molecule has 6 nitrogen and oxygen atoms in total. The van der Waals surface area contributed by atoms with Gasteiger partial charge >= 0.3 is 5.97 Å². The Balaban J connectivity index is 2.09. The quantitative estimate of drug-likeness (QED) is 0.829. The summed E-state index contributed by atoms with van der Waals surface area (Å²) in [4.78, 5) is 12.0. The Morgan fingerprint density at radius 3 is 2.09 bits per heavy atom. The maximum Gasteiger partial charge on any atom is 0.339 e. The van der Waals surface area contributed by atoms with Crippen molar-refractivity contribution in [1.29, 1.82) is 0 Å². The van der Waals surface area contributed by atoms with Crippen LogP contribution in [0.5, 0.6) is 5.75 Å². The highest BCUT2D eigenvalue weighted by Gasteiger charge is 2.27. The number of carbonyl (C=O) groups excluding carboxylic acids is 1. The molecule has 0 radical (unpaired) electrons. The van der Waals surface area contributed by atoms with Crippen LogP contribution >= 0.6 is 0 Å². The first-order chi connectivity index (χ1) is 10.9. The molecule has 0 unspecified atom stereocenters. The highest BCUT2D eigenvalue weighted by molar-refractivity contribution is 7.89. The second kappa shape index (κ2) is 5.53. The second-order valence-corrected chi connectivity index (χ2v) is 6.61. The van der Waals surface area contributed by atoms with Crippen molar-refractivity contribution in [2.45, 2.75) is 4.90 Å². The van der Waals surface area contributed by atoms with E-state index in [2.05, 4.69) is 0 Å². The smallest absolute Gasteiger partial charge is 0.339 e. The Kier molecular flexibility index (Phi) is 3.67. The van der Waals surface area contributed by atoms with E-state index in [4.69, 9.17) is 9.88 Å². The number of carbonyl (C=O) groups is 1. The van der Waals surface area contributed by atoms with E-state index >= 15 is 0 Å². The van der Waals surface area contributed by atoms with Crippen molar-refractivity contribution in [2.24, 2.45) is 5.14 Å². The van der Waals surface area contributed by atoms with Gasteiger partial charge in [-0.2, -0.15) is 0 Å². The van der Waals surface area contributed by atoms with Crippen molar-refractivity contribution >= 4 is 27.1 Å². The third-order valence-corrected chi connectivity index (χ3v) is 4.47. The largest absolute Gasteiger partial charge is 0.508 e. The molecule has 0 aliphatic carbocycles. The van der Waals surface area contributed by atoms with Crippen molar-refractivity contribution in [3.05, 3.63) is 59.7 Å². The third-order valence-electron chi connectivity index (χ3n) is 3.54. The molecule has 0 bridgehead atoms. The lowest BCUT2D eigenvalue weighted by Crippen LogP contribution is -2.12. The van der Waals surface area contributed by atoms with Crippen molar-refractivity contribution in [1.82, 2.24) is 0 Å². The number of hydrogen-bond donors (Lipinski definition) is 2. The van der Waals surface area contributed by atoms with E-state index in [0.717, 1.165) is 5.56 Å². The van der Waals surface area contributed by atoms with Crippen molar-refractivity contribution < 1.29 is 23.1 Å². The van der Waals surface area contributed by atoms with Crippen LogP contribution in [0.3, 0.4) is 0 Å². The average Bonchev–Trinajstić information content (AvgIpc) is 2.89. The van der Waals surface area contributed by atoms with Crippen molar-refractivity contribution in [3.63, 3.8) is 0 Å². The molecule has 1 aliphatic heterocycles. The van der Waals surface area contributed by atoms with Gasteiger partial charge in [0.25, 0.3) is 0 Å². The zero-order valence-corrected chi connectivity index (χ0v) is 12.7. The number of phenolic OH excluding ortho intramolecular Hbond substituents is 1. The van der Waals surface area contributed by atoms with Crippen LogP contribution in [0.2, 0.25) is 0 Å². The maximum absolute atomic E-state index is 12.0. The van der Waals surface area contributed by atoms with Gasteiger partial charge in [0.05, 0.1) is 10.5 Å². The van der Waals surface area contributed by atoms with Crippen LogP contribution in [0.25, 0.3) is 11.1 Å². The van der Waals surface area contributed by atoms with E-state index < -0.39 is 16.0 Å². The molecule has 0 amide bonds. The number of sulfonamides is 1. The molecule has 0 atom stereocenters. The summed E-state index contributed by atoms with van der Waals surface area (Å²) >= 11 is 0. The van der Waals surface area contributed by atoms with Gasteiger partial charge in [0.2, 0.25) is 10.0 Å². The van der Waals surface area contributed by atoms with E-state index in [1.807, 2.05) is 0 Å². The van der Waals surface area contributed by atoms with Crippen molar-refractivity contribution in [3.8, 4) is 5.75 Å². The van der Waals surface area contributed by atoms with E-state index in [0.29, 0.717) is 16.7 Å². The maximum atomic E-state index is 12.0. The summed E-state index contributed by atoms with van der Waals surface area (Å²) in [5.74, 6) is -0.352. The lowest BCUT2D eigenvalue weighted by atomic mass is 9.97. The fourth-order valence-electron chi connectivity index (χ4n) is 2.40. The van der Waals surface area contributed by atoms with Crippen molar-refractivity contribution in [2.75, 3.05) is 6.61 Å². The van der Waals surface area contributed by atoms with E-state index in [1.54, 1.807) is 12.1 Å². The van der Waals surface area contributed by atoms with Gasteiger partial charge in [-0.15, -0.1) is 0 Å². The first-order valence-corrected chi connectivity index (χ1v) is 8.24. The number of nitrogens with two attached hydrogens (primary N) is 1. The number of esters is 1. The van der Waals surface area contributed by atoms with E-state index in [1.165, 1.54) is 36.4 Å².